The lowest BCUT2D eigenvalue weighted by Crippen LogP contribution is -2.02. The van der Waals surface area contributed by atoms with Crippen LogP contribution >= 0.6 is 0 Å². The largest absolute Gasteiger partial charge is 0.477 e. The van der Waals surface area contributed by atoms with Crippen molar-refractivity contribution in [2.45, 2.75) is 44.9 Å². The van der Waals surface area contributed by atoms with Crippen LogP contribution in [0.4, 0.5) is 0 Å². The minimum absolute atomic E-state index is 0.309. The standard InChI is InChI=1S/C13H19NO2/c15-13(16)12-8-11(9-14-12)7-10-5-3-1-2-4-6-10/h8-10,14H,1-7H2,(H,15,16). The molecular weight excluding hydrogens is 202 g/mol. The van der Waals surface area contributed by atoms with Gasteiger partial charge in [-0.2, -0.15) is 0 Å². The van der Waals surface area contributed by atoms with Gasteiger partial charge < -0.3 is 10.1 Å². The van der Waals surface area contributed by atoms with Crippen molar-refractivity contribution in [3.05, 3.63) is 23.5 Å². The van der Waals surface area contributed by atoms with Crippen LogP contribution in [0.5, 0.6) is 0 Å². The highest BCUT2D eigenvalue weighted by atomic mass is 16.4. The molecule has 0 aliphatic heterocycles. The Bertz CT molecular complexity index is 349. The highest BCUT2D eigenvalue weighted by Gasteiger charge is 2.14. The Labute approximate surface area is 95.9 Å². The van der Waals surface area contributed by atoms with Crippen molar-refractivity contribution in [1.82, 2.24) is 4.98 Å². The lowest BCUT2D eigenvalue weighted by molar-refractivity contribution is 0.0691. The van der Waals surface area contributed by atoms with Crippen molar-refractivity contribution in [2.75, 3.05) is 0 Å². The molecule has 1 aromatic rings. The molecule has 0 atom stereocenters. The molecule has 88 valence electrons. The van der Waals surface area contributed by atoms with Gasteiger partial charge in [0.25, 0.3) is 0 Å². The van der Waals surface area contributed by atoms with Crippen LogP contribution < -0.4 is 0 Å². The molecule has 3 nitrogen and oxygen atoms in total. The van der Waals surface area contributed by atoms with Crippen molar-refractivity contribution >= 4 is 5.97 Å². The first-order chi connectivity index (χ1) is 7.75. The second-order valence-electron chi connectivity index (χ2n) is 4.79. The number of nitrogens with one attached hydrogen (secondary N) is 1. The molecule has 1 aliphatic rings. The number of hydrogen-bond donors (Lipinski definition) is 2. The summed E-state index contributed by atoms with van der Waals surface area (Å²) in [6.07, 6.45) is 10.9. The first-order valence-corrected chi connectivity index (χ1v) is 6.16. The Morgan fingerprint density at radius 1 is 1.31 bits per heavy atom. The lowest BCUT2D eigenvalue weighted by Gasteiger charge is -2.11. The summed E-state index contributed by atoms with van der Waals surface area (Å²) in [4.78, 5) is 13.5. The molecule has 0 radical (unpaired) electrons. The number of rotatable bonds is 3. The van der Waals surface area contributed by atoms with E-state index in [0.29, 0.717) is 5.69 Å². The zero-order valence-electron chi connectivity index (χ0n) is 9.54. The Morgan fingerprint density at radius 3 is 2.56 bits per heavy atom. The first-order valence-electron chi connectivity index (χ1n) is 6.16. The Morgan fingerprint density at radius 2 is 2.00 bits per heavy atom. The molecule has 1 saturated carbocycles. The zero-order valence-corrected chi connectivity index (χ0v) is 9.54. The molecule has 0 amide bonds. The maximum atomic E-state index is 10.7. The van der Waals surface area contributed by atoms with Gasteiger partial charge >= 0.3 is 5.97 Å². The van der Waals surface area contributed by atoms with Crippen molar-refractivity contribution in [3.8, 4) is 0 Å². The molecule has 0 saturated heterocycles. The summed E-state index contributed by atoms with van der Waals surface area (Å²) in [5.41, 5.74) is 1.45. The smallest absolute Gasteiger partial charge is 0.352 e. The van der Waals surface area contributed by atoms with Gasteiger partial charge in [0.15, 0.2) is 0 Å². The number of carboxylic acid groups (broad SMARTS) is 1. The van der Waals surface area contributed by atoms with Crippen LogP contribution in [0.1, 0.15) is 54.6 Å². The number of aromatic amines is 1. The minimum atomic E-state index is -0.868. The third kappa shape index (κ3) is 2.87. The van der Waals surface area contributed by atoms with E-state index in [1.807, 2.05) is 6.20 Å². The van der Waals surface area contributed by atoms with E-state index < -0.39 is 5.97 Å². The van der Waals surface area contributed by atoms with Crippen molar-refractivity contribution < 1.29 is 9.90 Å². The summed E-state index contributed by atoms with van der Waals surface area (Å²) in [5.74, 6) is -0.118. The zero-order chi connectivity index (χ0) is 11.4. The fourth-order valence-corrected chi connectivity index (χ4v) is 2.58. The third-order valence-corrected chi connectivity index (χ3v) is 3.47. The van der Waals surface area contributed by atoms with E-state index in [-0.39, 0.29) is 0 Å². The number of H-pyrrole nitrogens is 1. The SMILES string of the molecule is O=C(O)c1cc(CC2CCCCCC2)c[nH]1. The molecule has 2 rings (SSSR count). The molecule has 1 aromatic heterocycles. The van der Waals surface area contributed by atoms with Crippen LogP contribution in [-0.4, -0.2) is 16.1 Å². The first kappa shape index (κ1) is 11.2. The maximum Gasteiger partial charge on any atom is 0.352 e. The molecule has 16 heavy (non-hydrogen) atoms. The van der Waals surface area contributed by atoms with Gasteiger partial charge in [-0.05, 0) is 24.0 Å². The van der Waals surface area contributed by atoms with Gasteiger partial charge in [-0.1, -0.05) is 38.5 Å². The van der Waals surface area contributed by atoms with Gasteiger partial charge in [-0.3, -0.25) is 0 Å². The number of aromatic nitrogens is 1. The minimum Gasteiger partial charge on any atom is -0.477 e. The average Bonchev–Trinajstić information content (AvgIpc) is 2.56. The maximum absolute atomic E-state index is 10.7. The summed E-state index contributed by atoms with van der Waals surface area (Å²) in [7, 11) is 0. The molecule has 1 aliphatic carbocycles. The van der Waals surface area contributed by atoms with E-state index in [4.69, 9.17) is 5.11 Å². The predicted molar refractivity (Wildman–Crippen MR) is 62.6 cm³/mol. The van der Waals surface area contributed by atoms with Crippen molar-refractivity contribution in [2.24, 2.45) is 5.92 Å². The fraction of sp³-hybridized carbons (Fsp3) is 0.615. The molecule has 2 N–H and O–H groups in total. The van der Waals surface area contributed by atoms with Crippen LogP contribution in [0, 0.1) is 5.92 Å². The summed E-state index contributed by atoms with van der Waals surface area (Å²) in [6.45, 7) is 0. The van der Waals surface area contributed by atoms with Crippen LogP contribution in [-0.2, 0) is 6.42 Å². The Balaban J connectivity index is 1.94. The number of carboxylic acids is 1. The molecule has 1 heterocycles. The molecule has 1 fully saturated rings. The van der Waals surface area contributed by atoms with E-state index in [0.717, 1.165) is 17.9 Å². The summed E-state index contributed by atoms with van der Waals surface area (Å²) < 4.78 is 0. The van der Waals surface area contributed by atoms with Crippen LogP contribution in [0.3, 0.4) is 0 Å². The molecule has 0 bridgehead atoms. The van der Waals surface area contributed by atoms with E-state index in [1.54, 1.807) is 6.07 Å². The second kappa shape index (κ2) is 5.19. The van der Waals surface area contributed by atoms with E-state index in [9.17, 15) is 4.79 Å². The van der Waals surface area contributed by atoms with Gasteiger partial charge in [0.05, 0.1) is 0 Å². The van der Waals surface area contributed by atoms with E-state index in [2.05, 4.69) is 4.98 Å². The molecule has 0 unspecified atom stereocenters. The fourth-order valence-electron chi connectivity index (χ4n) is 2.58. The topological polar surface area (TPSA) is 53.1 Å². The van der Waals surface area contributed by atoms with Crippen LogP contribution in [0.15, 0.2) is 12.3 Å². The van der Waals surface area contributed by atoms with Gasteiger partial charge in [-0.25, -0.2) is 4.79 Å². The highest BCUT2D eigenvalue weighted by Crippen LogP contribution is 2.26. The van der Waals surface area contributed by atoms with Gasteiger partial charge in [0, 0.05) is 6.20 Å². The van der Waals surface area contributed by atoms with Crippen LogP contribution in [0.2, 0.25) is 0 Å². The van der Waals surface area contributed by atoms with Gasteiger partial charge in [0.2, 0.25) is 0 Å². The molecule has 3 heteroatoms. The van der Waals surface area contributed by atoms with Crippen molar-refractivity contribution in [1.29, 1.82) is 0 Å². The summed E-state index contributed by atoms with van der Waals surface area (Å²) >= 11 is 0. The number of carbonyl (C=O) groups is 1. The van der Waals surface area contributed by atoms with Gasteiger partial charge in [0.1, 0.15) is 5.69 Å². The number of hydrogen-bond acceptors (Lipinski definition) is 1. The van der Waals surface area contributed by atoms with E-state index in [1.165, 1.54) is 38.5 Å². The Hall–Kier alpha value is -1.25. The lowest BCUT2D eigenvalue weighted by atomic mass is 9.94. The average molecular weight is 221 g/mol. The third-order valence-electron chi connectivity index (χ3n) is 3.47. The normalized spacial score (nSPS) is 18.2. The predicted octanol–water partition coefficient (Wildman–Crippen LogP) is 3.23. The van der Waals surface area contributed by atoms with Crippen LogP contribution in [0.25, 0.3) is 0 Å². The Kier molecular flexibility index (Phi) is 3.65. The number of aromatic carboxylic acids is 1. The molecular formula is C13H19NO2. The summed E-state index contributed by atoms with van der Waals surface area (Å²) in [6, 6.07) is 1.77. The summed E-state index contributed by atoms with van der Waals surface area (Å²) in [5, 5.41) is 8.82. The van der Waals surface area contributed by atoms with Gasteiger partial charge in [-0.15, -0.1) is 0 Å². The second-order valence-corrected chi connectivity index (χ2v) is 4.79. The molecule has 0 aromatic carbocycles. The van der Waals surface area contributed by atoms with E-state index >= 15 is 0 Å². The quantitative estimate of drug-likeness (QED) is 0.770. The van der Waals surface area contributed by atoms with Crippen molar-refractivity contribution in [3.63, 3.8) is 0 Å². The molecule has 0 spiro atoms. The monoisotopic (exact) mass is 221 g/mol. The highest BCUT2D eigenvalue weighted by molar-refractivity contribution is 5.85.